The van der Waals surface area contributed by atoms with E-state index in [1.165, 1.54) is 12.1 Å². The molecule has 1 aromatic rings. The van der Waals surface area contributed by atoms with Gasteiger partial charge < -0.3 is 10.8 Å². The monoisotopic (exact) mass is 139 g/mol. The van der Waals surface area contributed by atoms with Crippen molar-refractivity contribution < 1.29 is 12.6 Å². The maximum absolute atomic E-state index is 10.4. The van der Waals surface area contributed by atoms with Gasteiger partial charge in [0.05, 0.1) is 8.30 Å². The first kappa shape index (κ1) is 4.33. The molecule has 0 fully saturated rings. The van der Waals surface area contributed by atoms with Crippen LogP contribution >= 0.6 is 0 Å². The molecule has 0 aromatic heterocycles. The summed E-state index contributed by atoms with van der Waals surface area (Å²) in [6.45, 7) is 0. The highest BCUT2D eigenvalue weighted by molar-refractivity contribution is 5.88. The number of aromatic carboxylic acids is 1. The molecular weight excluding hydrogens is 130 g/mol. The quantitative estimate of drug-likeness (QED) is 0.570. The average Bonchev–Trinajstić information content (AvgIpc) is 2.00. The summed E-state index contributed by atoms with van der Waals surface area (Å²) in [5.74, 6) is -1.20. The summed E-state index contributed by atoms with van der Waals surface area (Å²) in [4.78, 5) is 10.4. The normalized spacial score (nSPS) is 12.0. The molecule has 0 heterocycles. The topological polar surface area (TPSA) is 63.3 Å². The minimum Gasteiger partial charge on any atom is -0.478 e. The average molecular weight is 139 g/mol. The molecular formula is C7H7NO2. The van der Waals surface area contributed by atoms with Crippen molar-refractivity contribution in [3.05, 3.63) is 29.8 Å². The van der Waals surface area contributed by atoms with Crippen molar-refractivity contribution in [2.75, 3.05) is 5.73 Å². The van der Waals surface area contributed by atoms with Crippen molar-refractivity contribution in [1.82, 2.24) is 0 Å². The van der Waals surface area contributed by atoms with E-state index in [-0.39, 0.29) is 23.3 Å². The molecule has 0 aliphatic heterocycles. The molecule has 52 valence electrons. The van der Waals surface area contributed by atoms with Gasteiger partial charge in [0.15, 0.2) is 0 Å². The second-order valence-electron chi connectivity index (χ2n) is 1.74. The highest BCUT2D eigenvalue weighted by Crippen LogP contribution is 2.05. The smallest absolute Gasteiger partial charge is 0.335 e. The van der Waals surface area contributed by atoms with E-state index < -0.39 is 5.97 Å². The summed E-state index contributed by atoms with van der Waals surface area (Å²) in [5, 5.41) is 8.54. The third-order valence-corrected chi connectivity index (χ3v) is 0.989. The first-order chi connectivity index (χ1) is 5.54. The second kappa shape index (κ2) is 2.39. The van der Waals surface area contributed by atoms with Gasteiger partial charge in [0.25, 0.3) is 0 Å². The first-order valence-electron chi connectivity index (χ1n) is 3.63. The molecule has 3 heteroatoms. The van der Waals surface area contributed by atoms with E-state index in [4.69, 9.17) is 13.6 Å². The lowest BCUT2D eigenvalue weighted by molar-refractivity contribution is 0.0697. The van der Waals surface area contributed by atoms with Crippen LogP contribution in [0.2, 0.25) is 0 Å². The highest BCUT2D eigenvalue weighted by atomic mass is 16.4. The van der Waals surface area contributed by atoms with E-state index in [1.54, 1.807) is 0 Å². The SMILES string of the molecule is [2H]c1ccc(C(=O)O)c([2H])c1N. The summed E-state index contributed by atoms with van der Waals surface area (Å²) in [5.41, 5.74) is 5.00. The molecule has 1 aromatic carbocycles. The van der Waals surface area contributed by atoms with Crippen LogP contribution < -0.4 is 5.73 Å². The molecule has 0 radical (unpaired) electrons. The lowest BCUT2D eigenvalue weighted by atomic mass is 10.2. The van der Waals surface area contributed by atoms with E-state index in [9.17, 15) is 4.79 Å². The Bertz CT molecular complexity index is 338. The predicted molar refractivity (Wildman–Crippen MR) is 37.8 cm³/mol. The van der Waals surface area contributed by atoms with Crippen LogP contribution in [-0.2, 0) is 0 Å². The summed E-state index contributed by atoms with van der Waals surface area (Å²) < 4.78 is 14.4. The predicted octanol–water partition coefficient (Wildman–Crippen LogP) is 0.967. The van der Waals surface area contributed by atoms with E-state index in [0.717, 1.165) is 0 Å². The molecule has 3 N–H and O–H groups in total. The van der Waals surface area contributed by atoms with Gasteiger partial charge in [-0.15, -0.1) is 0 Å². The third-order valence-electron chi connectivity index (χ3n) is 0.989. The van der Waals surface area contributed by atoms with Gasteiger partial charge in [-0.25, -0.2) is 4.79 Å². The minimum absolute atomic E-state index is 0.0231. The fraction of sp³-hybridized carbons (Fsp3) is 0. The number of carboxylic acids is 1. The molecule has 10 heavy (non-hydrogen) atoms. The Kier molecular flexibility index (Phi) is 1.03. The number of nitrogen functional groups attached to an aromatic ring is 1. The van der Waals surface area contributed by atoms with Crippen LogP contribution in [0.25, 0.3) is 0 Å². The second-order valence-corrected chi connectivity index (χ2v) is 1.74. The van der Waals surface area contributed by atoms with Crippen molar-refractivity contribution in [3.63, 3.8) is 0 Å². The zero-order valence-electron chi connectivity index (χ0n) is 7.09. The standard InChI is InChI=1S/C7H7NO2/c8-6-3-1-2-5(4-6)7(9)10/h1-4H,8H2,(H,9,10)/i3D,4D. The first-order valence-corrected chi connectivity index (χ1v) is 2.63. The van der Waals surface area contributed by atoms with Gasteiger partial charge in [0, 0.05) is 5.69 Å². The summed E-state index contributed by atoms with van der Waals surface area (Å²) in [6, 6.07) is 2.14. The van der Waals surface area contributed by atoms with E-state index >= 15 is 0 Å². The Labute approximate surface area is 60.9 Å². The van der Waals surface area contributed by atoms with Gasteiger partial charge in [0.1, 0.15) is 0 Å². The number of benzene rings is 1. The van der Waals surface area contributed by atoms with E-state index in [1.807, 2.05) is 0 Å². The Balaban J connectivity index is 3.36. The van der Waals surface area contributed by atoms with Gasteiger partial charge in [-0.3, -0.25) is 0 Å². The van der Waals surface area contributed by atoms with Gasteiger partial charge in [0.2, 0.25) is 0 Å². The van der Waals surface area contributed by atoms with Crippen LogP contribution in [0.5, 0.6) is 0 Å². The lowest BCUT2D eigenvalue weighted by Gasteiger charge is -1.93. The molecule has 0 unspecified atom stereocenters. The highest BCUT2D eigenvalue weighted by Gasteiger charge is 1.99. The molecule has 0 aliphatic rings. The maximum atomic E-state index is 10.4. The molecule has 3 nitrogen and oxygen atoms in total. The lowest BCUT2D eigenvalue weighted by Crippen LogP contribution is -1.96. The van der Waals surface area contributed by atoms with Crippen molar-refractivity contribution in [1.29, 1.82) is 0 Å². The molecule has 0 saturated heterocycles. The summed E-state index contributed by atoms with van der Waals surface area (Å²) in [7, 11) is 0. The fourth-order valence-corrected chi connectivity index (χ4v) is 0.562. The van der Waals surface area contributed by atoms with Crippen LogP contribution in [0.1, 0.15) is 13.1 Å². The molecule has 0 saturated carbocycles. The van der Waals surface area contributed by atoms with Crippen LogP contribution in [0.15, 0.2) is 24.2 Å². The van der Waals surface area contributed by atoms with E-state index in [2.05, 4.69) is 0 Å². The Hall–Kier alpha value is -1.51. The van der Waals surface area contributed by atoms with Crippen LogP contribution in [0.4, 0.5) is 5.69 Å². The van der Waals surface area contributed by atoms with Crippen molar-refractivity contribution in [2.45, 2.75) is 0 Å². The summed E-state index contributed by atoms with van der Waals surface area (Å²) in [6.07, 6.45) is 0. The largest absolute Gasteiger partial charge is 0.478 e. The van der Waals surface area contributed by atoms with Gasteiger partial charge >= 0.3 is 5.97 Å². The molecule has 0 aliphatic carbocycles. The van der Waals surface area contributed by atoms with Crippen molar-refractivity contribution in [2.24, 2.45) is 0 Å². The van der Waals surface area contributed by atoms with Gasteiger partial charge in [-0.05, 0) is 18.2 Å². The number of rotatable bonds is 1. The van der Waals surface area contributed by atoms with Crippen molar-refractivity contribution in [3.8, 4) is 0 Å². The number of carbonyl (C=O) groups is 1. The number of nitrogens with two attached hydrogens (primary N) is 1. The van der Waals surface area contributed by atoms with Crippen LogP contribution in [0, 0.1) is 0 Å². The zero-order chi connectivity index (χ0) is 9.30. The Morgan fingerprint density at radius 3 is 3.10 bits per heavy atom. The number of anilines is 1. The minimum atomic E-state index is -1.20. The van der Waals surface area contributed by atoms with Gasteiger partial charge in [-0.1, -0.05) is 6.07 Å². The van der Waals surface area contributed by atoms with E-state index in [0.29, 0.717) is 0 Å². The molecule has 1 rings (SSSR count). The molecule has 0 atom stereocenters. The fourth-order valence-electron chi connectivity index (χ4n) is 0.562. The Morgan fingerprint density at radius 1 is 1.80 bits per heavy atom. The summed E-state index contributed by atoms with van der Waals surface area (Å²) >= 11 is 0. The van der Waals surface area contributed by atoms with Gasteiger partial charge in [-0.2, -0.15) is 0 Å². The number of carboxylic acid groups (broad SMARTS) is 1. The Morgan fingerprint density at radius 2 is 2.50 bits per heavy atom. The molecule has 0 spiro atoms. The van der Waals surface area contributed by atoms with Crippen LogP contribution in [0.3, 0.4) is 0 Å². The van der Waals surface area contributed by atoms with Crippen LogP contribution in [-0.4, -0.2) is 11.1 Å². The van der Waals surface area contributed by atoms with Crippen molar-refractivity contribution >= 4 is 11.7 Å². The number of hydrogen-bond acceptors (Lipinski definition) is 2. The molecule has 0 amide bonds. The maximum Gasteiger partial charge on any atom is 0.335 e. The number of hydrogen-bond donors (Lipinski definition) is 2. The zero-order valence-corrected chi connectivity index (χ0v) is 5.09. The third kappa shape index (κ3) is 1.25. The molecule has 0 bridgehead atoms.